The van der Waals surface area contributed by atoms with E-state index in [-0.39, 0.29) is 29.9 Å². The van der Waals surface area contributed by atoms with Crippen LogP contribution >= 0.6 is 0 Å². The van der Waals surface area contributed by atoms with Gasteiger partial charge < -0.3 is 57.3 Å². The predicted molar refractivity (Wildman–Crippen MR) is 267 cm³/mol. The molecule has 17 heteroatoms. The number of benzene rings is 3. The lowest BCUT2D eigenvalue weighted by Gasteiger charge is -2.35. The number of para-hydroxylation sites is 3. The number of carboxylic acids is 1. The van der Waals surface area contributed by atoms with E-state index in [0.29, 0.717) is 19.3 Å². The van der Waals surface area contributed by atoms with Crippen LogP contribution in [0.15, 0.2) is 91.4 Å². The van der Waals surface area contributed by atoms with Crippen molar-refractivity contribution in [3.63, 3.8) is 0 Å². The predicted octanol–water partition coefficient (Wildman–Crippen LogP) is 4.49. The van der Waals surface area contributed by atoms with Gasteiger partial charge in [-0.25, -0.2) is 4.79 Å². The molecule has 0 aliphatic rings. The van der Waals surface area contributed by atoms with Crippen molar-refractivity contribution in [3.8, 4) is 0 Å². The minimum Gasteiger partial charge on any atom is -0.480 e. The summed E-state index contributed by atoms with van der Waals surface area (Å²) < 4.78 is 0. The van der Waals surface area contributed by atoms with Gasteiger partial charge in [-0.2, -0.15) is 0 Å². The number of carboxylic acid groups (broad SMARTS) is 1. The zero-order chi connectivity index (χ0) is 50.9. The highest BCUT2D eigenvalue weighted by molar-refractivity contribution is 5.94. The summed E-state index contributed by atoms with van der Waals surface area (Å²) in [4.78, 5) is 86.3. The lowest BCUT2D eigenvalue weighted by Crippen LogP contribution is -2.58. The Morgan fingerprint density at radius 1 is 0.574 bits per heavy atom. The van der Waals surface area contributed by atoms with Gasteiger partial charge in [-0.05, 0) is 81.8 Å². The summed E-state index contributed by atoms with van der Waals surface area (Å²) >= 11 is 0. The number of nitrogens with two attached hydrogens (primary N) is 3. The van der Waals surface area contributed by atoms with Gasteiger partial charge in [0.05, 0.1) is 23.5 Å². The standard InChI is InChI=1S/C18H25N3O2.C17H24N4O2.C16H21N3O3/c1-18(2,17(23)21(3)4)10-16(22)14(19)9-12-11-20-15-8-6-5-7-13(12)15;1-17(2,16(23)19-3)21(4)15(22)13(18)9-11-10-20-14-8-6-5-7-12(11)14;1-16(2,15(21)22)19(3)14(20)12(17)8-10-9-18-13-7-5-4-6-11(10)13/h5-8,11,14,20H,9-10,19H2,1-4H3;5-8,10,13,20H,9,18H2,1-4H3,(H,19,23);4-7,9,12,18H,8,17H2,1-3H3,(H,21,22). The van der Waals surface area contributed by atoms with Gasteiger partial charge in [0.15, 0.2) is 5.78 Å². The first-order valence-electron chi connectivity index (χ1n) is 22.4. The first-order chi connectivity index (χ1) is 31.8. The molecule has 68 heavy (non-hydrogen) atoms. The molecule has 0 saturated heterocycles. The number of nitrogens with one attached hydrogen (secondary N) is 4. The second-order valence-corrected chi connectivity index (χ2v) is 19.0. The van der Waals surface area contributed by atoms with Gasteiger partial charge in [0.25, 0.3) is 0 Å². The van der Waals surface area contributed by atoms with Crippen LogP contribution in [0.25, 0.3) is 32.7 Å². The molecule has 0 fully saturated rings. The number of carbonyl (C=O) groups excluding carboxylic acids is 5. The monoisotopic (exact) mass is 935 g/mol. The lowest BCUT2D eigenvalue weighted by atomic mass is 9.83. The number of Topliss-reactive ketones (excluding diaryl/α,β-unsaturated/α-hetero) is 1. The number of aromatic amines is 3. The van der Waals surface area contributed by atoms with Crippen molar-refractivity contribution in [2.75, 3.05) is 35.2 Å². The van der Waals surface area contributed by atoms with Crippen molar-refractivity contribution in [1.82, 2.24) is 35.0 Å². The van der Waals surface area contributed by atoms with Crippen molar-refractivity contribution in [1.29, 1.82) is 0 Å². The number of aromatic nitrogens is 3. The third-order valence-corrected chi connectivity index (χ3v) is 12.6. The van der Waals surface area contributed by atoms with E-state index in [1.807, 2.05) is 91.4 Å². The van der Waals surface area contributed by atoms with Crippen molar-refractivity contribution >= 4 is 68.1 Å². The smallest absolute Gasteiger partial charge is 0.329 e. The van der Waals surface area contributed by atoms with Crippen molar-refractivity contribution in [2.24, 2.45) is 22.6 Å². The van der Waals surface area contributed by atoms with Crippen molar-refractivity contribution in [2.45, 2.75) is 96.4 Å². The molecule has 3 unspecified atom stereocenters. The molecule has 0 aliphatic heterocycles. The molecular formula is C51H70N10O7. The molecule has 0 saturated carbocycles. The number of hydrogen-bond donors (Lipinski definition) is 8. The van der Waals surface area contributed by atoms with E-state index in [1.165, 1.54) is 35.6 Å². The molecule has 3 heterocycles. The van der Waals surface area contributed by atoms with Gasteiger partial charge in [-0.1, -0.05) is 68.4 Å². The van der Waals surface area contributed by atoms with Crippen LogP contribution in [0.3, 0.4) is 0 Å². The molecule has 6 aromatic rings. The number of H-pyrrole nitrogens is 3. The molecule has 0 bridgehead atoms. The van der Waals surface area contributed by atoms with Gasteiger partial charge in [-0.3, -0.25) is 24.0 Å². The molecule has 3 aromatic carbocycles. The molecule has 4 amide bonds. The lowest BCUT2D eigenvalue weighted by molar-refractivity contribution is -0.155. The number of aliphatic carboxylic acids is 1. The SMILES string of the molecule is CN(C(=O)C(N)Cc1c[nH]c2ccccc12)C(C)(C)C(=O)O.CN(C)C(=O)C(C)(C)CC(=O)C(N)Cc1c[nH]c2ccccc12.CNC(=O)C(C)(C)N(C)C(=O)C(N)Cc1c[nH]c2ccccc12. The first-order valence-corrected chi connectivity index (χ1v) is 22.4. The Morgan fingerprint density at radius 3 is 1.25 bits per heavy atom. The van der Waals surface area contributed by atoms with Crippen LogP contribution in [-0.2, 0) is 48.0 Å². The van der Waals surface area contributed by atoms with Gasteiger partial charge in [0, 0.05) is 93.0 Å². The maximum Gasteiger partial charge on any atom is 0.329 e. The minimum atomic E-state index is -1.30. The highest BCUT2D eigenvalue weighted by Crippen LogP contribution is 2.26. The number of amides is 4. The van der Waals surface area contributed by atoms with Crippen LogP contribution < -0.4 is 22.5 Å². The third-order valence-electron chi connectivity index (χ3n) is 12.6. The van der Waals surface area contributed by atoms with Crippen LogP contribution in [0.2, 0.25) is 0 Å². The molecule has 0 spiro atoms. The number of ketones is 1. The third kappa shape index (κ3) is 12.6. The topological polar surface area (TPSA) is 270 Å². The highest BCUT2D eigenvalue weighted by atomic mass is 16.4. The Kier molecular flexibility index (Phi) is 17.7. The summed E-state index contributed by atoms with van der Waals surface area (Å²) in [5.74, 6) is -2.10. The van der Waals surface area contributed by atoms with Gasteiger partial charge in [0.1, 0.15) is 11.1 Å². The Labute approximate surface area is 398 Å². The molecule has 0 radical (unpaired) electrons. The van der Waals surface area contributed by atoms with E-state index in [1.54, 1.807) is 55.9 Å². The average molecular weight is 935 g/mol. The van der Waals surface area contributed by atoms with E-state index >= 15 is 0 Å². The number of carbonyl (C=O) groups is 6. The summed E-state index contributed by atoms with van der Waals surface area (Å²) in [7, 11) is 8.01. The number of fused-ring (bicyclic) bond motifs is 3. The van der Waals surface area contributed by atoms with Crippen LogP contribution in [0.1, 0.15) is 64.7 Å². The Hall–Kier alpha value is -6.82. The summed E-state index contributed by atoms with van der Waals surface area (Å²) in [6.07, 6.45) is 6.98. The normalized spacial score (nSPS) is 13.0. The largest absolute Gasteiger partial charge is 0.480 e. The summed E-state index contributed by atoms with van der Waals surface area (Å²) in [6.45, 7) is 9.92. The zero-order valence-electron chi connectivity index (χ0n) is 41.2. The van der Waals surface area contributed by atoms with Crippen molar-refractivity contribution in [3.05, 3.63) is 108 Å². The van der Waals surface area contributed by atoms with Gasteiger partial charge in [-0.15, -0.1) is 0 Å². The molecule has 6 rings (SSSR count). The maximum atomic E-state index is 12.6. The molecule has 0 aliphatic carbocycles. The van der Waals surface area contributed by atoms with E-state index in [4.69, 9.17) is 17.2 Å². The number of hydrogen-bond acceptors (Lipinski definition) is 9. The summed E-state index contributed by atoms with van der Waals surface area (Å²) in [5, 5.41) is 14.9. The van der Waals surface area contributed by atoms with Crippen molar-refractivity contribution < 1.29 is 33.9 Å². The quantitative estimate of drug-likeness (QED) is 0.0674. The summed E-state index contributed by atoms with van der Waals surface area (Å²) in [5.41, 5.74) is 21.2. The molecule has 366 valence electrons. The van der Waals surface area contributed by atoms with Crippen LogP contribution in [0.4, 0.5) is 0 Å². The number of rotatable bonds is 16. The van der Waals surface area contributed by atoms with Gasteiger partial charge in [0.2, 0.25) is 23.6 Å². The van der Waals surface area contributed by atoms with E-state index in [9.17, 15) is 33.9 Å². The average Bonchev–Trinajstić information content (AvgIpc) is 4.04. The number of likely N-dealkylation sites (N-methyl/N-ethyl adjacent to an activating group) is 3. The Morgan fingerprint density at radius 2 is 0.912 bits per heavy atom. The molecule has 3 atom stereocenters. The number of nitrogens with zero attached hydrogens (tertiary/aromatic N) is 3. The maximum absolute atomic E-state index is 12.6. The fourth-order valence-electron chi connectivity index (χ4n) is 7.80. The van der Waals surface area contributed by atoms with Gasteiger partial charge >= 0.3 is 5.97 Å². The Balaban J connectivity index is 0.000000222. The van der Waals surface area contributed by atoms with E-state index < -0.39 is 46.5 Å². The fourth-order valence-corrected chi connectivity index (χ4v) is 7.80. The molecule has 3 aromatic heterocycles. The molecule has 17 nitrogen and oxygen atoms in total. The van der Waals surface area contributed by atoms with E-state index in [0.717, 1.165) is 49.4 Å². The van der Waals surface area contributed by atoms with Crippen LogP contribution in [-0.4, -0.2) is 135 Å². The first kappa shape index (κ1) is 53.8. The molecule has 11 N–H and O–H groups in total. The zero-order valence-corrected chi connectivity index (χ0v) is 41.2. The second kappa shape index (κ2) is 22.3. The summed E-state index contributed by atoms with van der Waals surface area (Å²) in [6, 6.07) is 21.5. The highest BCUT2D eigenvalue weighted by Gasteiger charge is 2.38. The van der Waals surface area contributed by atoms with Crippen LogP contribution in [0.5, 0.6) is 0 Å². The molecular weight excluding hydrogens is 865 g/mol. The van der Waals surface area contributed by atoms with E-state index in [2.05, 4.69) is 20.3 Å². The van der Waals surface area contributed by atoms with Crippen LogP contribution in [0, 0.1) is 5.41 Å². The fraction of sp³-hybridized carbons (Fsp3) is 0.412. The second-order valence-electron chi connectivity index (χ2n) is 19.0. The minimum absolute atomic E-state index is 0.0647. The Bertz CT molecular complexity index is 2730.